The molecular weight excluding hydrogens is 439 g/mol. The molecule has 32 heavy (non-hydrogen) atoms. The summed E-state index contributed by atoms with van der Waals surface area (Å²) in [5.41, 5.74) is 1.28. The number of hydrogen-bond acceptors (Lipinski definition) is 6. The SMILES string of the molecule is COc1ccc(COc2ccc(Cl)c(C(=O)Nc3cnc4[nH]nc(OC)c4c3)c2F)cc1. The molecule has 0 saturated carbocycles. The second-order valence-electron chi connectivity index (χ2n) is 6.68. The van der Waals surface area contributed by atoms with Crippen molar-refractivity contribution >= 4 is 34.2 Å². The zero-order valence-electron chi connectivity index (χ0n) is 17.1. The average Bonchev–Trinajstić information content (AvgIpc) is 3.21. The highest BCUT2D eigenvalue weighted by molar-refractivity contribution is 6.34. The maximum Gasteiger partial charge on any atom is 0.260 e. The van der Waals surface area contributed by atoms with Gasteiger partial charge in [-0.2, -0.15) is 0 Å². The molecule has 164 valence electrons. The first-order chi connectivity index (χ1) is 15.5. The van der Waals surface area contributed by atoms with Crippen LogP contribution in [0, 0.1) is 5.82 Å². The highest BCUT2D eigenvalue weighted by atomic mass is 35.5. The van der Waals surface area contributed by atoms with Crippen LogP contribution in [-0.4, -0.2) is 35.3 Å². The number of halogens is 2. The standard InChI is InChI=1S/C22H18ClFN4O4/c1-30-14-5-3-12(4-6-14)11-32-17-8-7-16(23)18(19(17)24)21(29)26-13-9-15-20(25-10-13)27-28-22(15)31-2/h3-10H,11H2,1-2H3,(H,26,29)(H,25,27,28). The molecule has 0 atom stereocenters. The van der Waals surface area contributed by atoms with Gasteiger partial charge in [-0.1, -0.05) is 23.7 Å². The minimum absolute atomic E-state index is 0.0493. The van der Waals surface area contributed by atoms with Gasteiger partial charge in [0, 0.05) is 0 Å². The summed E-state index contributed by atoms with van der Waals surface area (Å²) in [6, 6.07) is 11.5. The fraction of sp³-hybridized carbons (Fsp3) is 0.136. The summed E-state index contributed by atoms with van der Waals surface area (Å²) in [4.78, 5) is 17.0. The maximum atomic E-state index is 15.1. The molecule has 2 heterocycles. The Hall–Kier alpha value is -3.85. The molecule has 0 spiro atoms. The van der Waals surface area contributed by atoms with Crippen LogP contribution in [0.15, 0.2) is 48.7 Å². The molecule has 2 aromatic heterocycles. The fourth-order valence-corrected chi connectivity index (χ4v) is 3.27. The lowest BCUT2D eigenvalue weighted by Gasteiger charge is -2.12. The molecule has 0 saturated heterocycles. The van der Waals surface area contributed by atoms with E-state index in [2.05, 4.69) is 20.5 Å². The van der Waals surface area contributed by atoms with Gasteiger partial charge >= 0.3 is 0 Å². The van der Waals surface area contributed by atoms with Crippen LogP contribution in [0.4, 0.5) is 10.1 Å². The Labute approximate surface area is 187 Å². The molecule has 4 rings (SSSR count). The summed E-state index contributed by atoms with van der Waals surface area (Å²) in [6.07, 6.45) is 1.41. The van der Waals surface area contributed by atoms with Gasteiger partial charge in [-0.3, -0.25) is 9.89 Å². The number of aromatic nitrogens is 3. The quantitative estimate of drug-likeness (QED) is 0.422. The van der Waals surface area contributed by atoms with E-state index in [4.69, 9.17) is 25.8 Å². The van der Waals surface area contributed by atoms with Crippen molar-refractivity contribution in [1.82, 2.24) is 15.2 Å². The van der Waals surface area contributed by atoms with Gasteiger partial charge in [-0.15, -0.1) is 5.10 Å². The number of rotatable bonds is 7. The first-order valence-corrected chi connectivity index (χ1v) is 9.81. The smallest absolute Gasteiger partial charge is 0.260 e. The van der Waals surface area contributed by atoms with Gasteiger partial charge in [0.25, 0.3) is 5.91 Å². The van der Waals surface area contributed by atoms with Gasteiger partial charge in [0.15, 0.2) is 17.2 Å². The number of carbonyl (C=O) groups is 1. The van der Waals surface area contributed by atoms with Crippen LogP contribution in [-0.2, 0) is 6.61 Å². The number of pyridine rings is 1. The third kappa shape index (κ3) is 4.28. The normalized spacial score (nSPS) is 10.8. The Balaban J connectivity index is 1.54. The molecule has 0 fully saturated rings. The van der Waals surface area contributed by atoms with Crippen molar-refractivity contribution in [2.75, 3.05) is 19.5 Å². The number of aromatic amines is 1. The van der Waals surface area contributed by atoms with Crippen molar-refractivity contribution in [2.45, 2.75) is 6.61 Å². The van der Waals surface area contributed by atoms with Crippen molar-refractivity contribution in [3.05, 3.63) is 70.6 Å². The van der Waals surface area contributed by atoms with Crippen LogP contribution in [0.3, 0.4) is 0 Å². The summed E-state index contributed by atoms with van der Waals surface area (Å²) in [5.74, 6) is -0.683. The predicted molar refractivity (Wildman–Crippen MR) is 117 cm³/mol. The lowest BCUT2D eigenvalue weighted by molar-refractivity contribution is 0.102. The number of nitrogens with zero attached hydrogens (tertiary/aromatic N) is 2. The Kier molecular flexibility index (Phi) is 6.09. The predicted octanol–water partition coefficient (Wildman–Crippen LogP) is 4.60. The second kappa shape index (κ2) is 9.11. The van der Waals surface area contributed by atoms with E-state index in [0.29, 0.717) is 28.4 Å². The van der Waals surface area contributed by atoms with Crippen molar-refractivity contribution in [3.8, 4) is 17.4 Å². The largest absolute Gasteiger partial charge is 0.497 e. The van der Waals surface area contributed by atoms with Crippen LogP contribution >= 0.6 is 11.6 Å². The van der Waals surface area contributed by atoms with Crippen LogP contribution in [0.2, 0.25) is 5.02 Å². The van der Waals surface area contributed by atoms with E-state index in [-0.39, 0.29) is 22.9 Å². The van der Waals surface area contributed by atoms with Crippen molar-refractivity contribution in [3.63, 3.8) is 0 Å². The average molecular weight is 457 g/mol. The summed E-state index contributed by atoms with van der Waals surface area (Å²) in [7, 11) is 3.04. The van der Waals surface area contributed by atoms with Crippen LogP contribution in [0.1, 0.15) is 15.9 Å². The van der Waals surface area contributed by atoms with Crippen molar-refractivity contribution < 1.29 is 23.4 Å². The number of benzene rings is 2. The van der Waals surface area contributed by atoms with Gasteiger partial charge in [-0.05, 0) is 35.9 Å². The molecule has 8 nitrogen and oxygen atoms in total. The van der Waals surface area contributed by atoms with E-state index in [9.17, 15) is 4.79 Å². The fourth-order valence-electron chi connectivity index (χ4n) is 3.03. The summed E-state index contributed by atoms with van der Waals surface area (Å²) < 4.78 is 30.9. The van der Waals surface area contributed by atoms with Crippen LogP contribution in [0.5, 0.6) is 17.4 Å². The number of ether oxygens (including phenoxy) is 3. The molecule has 0 aliphatic heterocycles. The number of H-pyrrole nitrogens is 1. The van der Waals surface area contributed by atoms with E-state index >= 15 is 4.39 Å². The number of carbonyl (C=O) groups excluding carboxylic acids is 1. The van der Waals surface area contributed by atoms with Gasteiger partial charge in [0.1, 0.15) is 12.4 Å². The number of methoxy groups -OCH3 is 2. The highest BCUT2D eigenvalue weighted by Gasteiger charge is 2.21. The van der Waals surface area contributed by atoms with Gasteiger partial charge in [0.05, 0.1) is 42.1 Å². The molecule has 0 aliphatic rings. The molecule has 2 N–H and O–H groups in total. The van der Waals surface area contributed by atoms with Gasteiger partial charge in [-0.25, -0.2) is 9.37 Å². The zero-order chi connectivity index (χ0) is 22.7. The second-order valence-corrected chi connectivity index (χ2v) is 7.09. The van der Waals surface area contributed by atoms with E-state index in [1.165, 1.54) is 25.4 Å². The molecule has 2 aromatic carbocycles. The molecule has 0 radical (unpaired) electrons. The minimum atomic E-state index is -0.863. The highest BCUT2D eigenvalue weighted by Crippen LogP contribution is 2.30. The summed E-state index contributed by atoms with van der Waals surface area (Å²) in [6.45, 7) is 0.102. The Morgan fingerprint density at radius 2 is 1.94 bits per heavy atom. The number of hydrogen-bond donors (Lipinski definition) is 2. The number of fused-ring (bicyclic) bond motifs is 1. The lowest BCUT2D eigenvalue weighted by atomic mass is 10.1. The Bertz CT molecular complexity index is 1280. The molecule has 0 unspecified atom stereocenters. The third-order valence-corrected chi connectivity index (χ3v) is 4.98. The Morgan fingerprint density at radius 3 is 2.66 bits per heavy atom. The molecule has 4 aromatic rings. The summed E-state index contributed by atoms with van der Waals surface area (Å²) >= 11 is 6.12. The minimum Gasteiger partial charge on any atom is -0.497 e. The Morgan fingerprint density at radius 1 is 1.16 bits per heavy atom. The number of amides is 1. The van der Waals surface area contributed by atoms with Gasteiger partial charge in [0.2, 0.25) is 5.88 Å². The summed E-state index contributed by atoms with van der Waals surface area (Å²) in [5, 5.41) is 9.78. The van der Waals surface area contributed by atoms with Crippen molar-refractivity contribution in [2.24, 2.45) is 0 Å². The van der Waals surface area contributed by atoms with E-state index < -0.39 is 11.7 Å². The zero-order valence-corrected chi connectivity index (χ0v) is 17.9. The molecule has 0 bridgehead atoms. The third-order valence-electron chi connectivity index (χ3n) is 4.67. The molecular formula is C22H18ClFN4O4. The van der Waals surface area contributed by atoms with Crippen LogP contribution < -0.4 is 19.5 Å². The van der Waals surface area contributed by atoms with Crippen molar-refractivity contribution in [1.29, 1.82) is 0 Å². The number of anilines is 1. The van der Waals surface area contributed by atoms with Crippen LogP contribution in [0.25, 0.3) is 11.0 Å². The monoisotopic (exact) mass is 456 g/mol. The van der Waals surface area contributed by atoms with E-state index in [1.807, 2.05) is 0 Å². The van der Waals surface area contributed by atoms with E-state index in [0.717, 1.165) is 5.56 Å². The lowest BCUT2D eigenvalue weighted by Crippen LogP contribution is -2.15. The molecule has 10 heteroatoms. The van der Waals surface area contributed by atoms with Gasteiger partial charge < -0.3 is 19.5 Å². The molecule has 1 amide bonds. The first-order valence-electron chi connectivity index (χ1n) is 9.43. The topological polar surface area (TPSA) is 98.4 Å². The van der Waals surface area contributed by atoms with E-state index in [1.54, 1.807) is 37.4 Å². The first kappa shape index (κ1) is 21.4. The maximum absolute atomic E-state index is 15.1. The number of nitrogens with one attached hydrogen (secondary N) is 2. The molecule has 0 aliphatic carbocycles.